The number of carbonyl (C=O) groups is 2. The van der Waals surface area contributed by atoms with Crippen molar-refractivity contribution in [2.75, 3.05) is 11.9 Å². The quantitative estimate of drug-likeness (QED) is 0.699. The molecule has 0 saturated heterocycles. The van der Waals surface area contributed by atoms with Gasteiger partial charge in [0, 0.05) is 27.9 Å². The van der Waals surface area contributed by atoms with E-state index in [1.165, 1.54) is 0 Å². The van der Waals surface area contributed by atoms with Gasteiger partial charge in [-0.25, -0.2) is 4.98 Å². The highest BCUT2D eigenvalue weighted by Crippen LogP contribution is 2.25. The second-order valence-corrected chi connectivity index (χ2v) is 6.45. The predicted octanol–water partition coefficient (Wildman–Crippen LogP) is 3.23. The van der Waals surface area contributed by atoms with Gasteiger partial charge in [0.15, 0.2) is 6.61 Å². The molecule has 132 valence electrons. The standard InChI is InChI=1S/C19H17N3O3S/c1-12-11-26-19(21-12)14-4-8-16(9-5-14)25-10-17(23)22-15-6-2-13(3-7-15)18(20)24/h2-9,11H,10H2,1H3,(H2,20,24)(H,22,23). The number of carbonyl (C=O) groups excluding carboxylic acids is 2. The molecule has 26 heavy (non-hydrogen) atoms. The maximum atomic E-state index is 12.0. The number of anilines is 1. The van der Waals surface area contributed by atoms with Gasteiger partial charge in [-0.1, -0.05) is 0 Å². The Labute approximate surface area is 154 Å². The smallest absolute Gasteiger partial charge is 0.262 e. The molecule has 2 aromatic carbocycles. The third-order valence-corrected chi connectivity index (χ3v) is 4.55. The van der Waals surface area contributed by atoms with Crippen LogP contribution >= 0.6 is 11.3 Å². The van der Waals surface area contributed by atoms with Crippen LogP contribution in [0.5, 0.6) is 5.75 Å². The van der Waals surface area contributed by atoms with Crippen LogP contribution in [0.1, 0.15) is 16.1 Å². The van der Waals surface area contributed by atoms with Crippen LogP contribution in [0.15, 0.2) is 53.9 Å². The number of rotatable bonds is 6. The minimum Gasteiger partial charge on any atom is -0.484 e. The summed E-state index contributed by atoms with van der Waals surface area (Å²) in [4.78, 5) is 27.4. The van der Waals surface area contributed by atoms with E-state index in [9.17, 15) is 9.59 Å². The number of hydrogen-bond acceptors (Lipinski definition) is 5. The molecule has 0 fully saturated rings. The van der Waals surface area contributed by atoms with Crippen molar-refractivity contribution in [1.29, 1.82) is 0 Å². The Morgan fingerprint density at radius 2 is 1.81 bits per heavy atom. The summed E-state index contributed by atoms with van der Waals surface area (Å²) < 4.78 is 5.49. The lowest BCUT2D eigenvalue weighted by Gasteiger charge is -2.08. The molecule has 0 radical (unpaired) electrons. The number of nitrogens with zero attached hydrogens (tertiary/aromatic N) is 1. The van der Waals surface area contributed by atoms with Crippen LogP contribution in [0.25, 0.3) is 10.6 Å². The van der Waals surface area contributed by atoms with Crippen LogP contribution in [-0.4, -0.2) is 23.4 Å². The first kappa shape index (κ1) is 17.6. The van der Waals surface area contributed by atoms with Crippen LogP contribution in [0.2, 0.25) is 0 Å². The van der Waals surface area contributed by atoms with Crippen LogP contribution < -0.4 is 15.8 Å². The van der Waals surface area contributed by atoms with E-state index in [-0.39, 0.29) is 12.5 Å². The molecule has 0 atom stereocenters. The first-order valence-corrected chi connectivity index (χ1v) is 8.74. The molecule has 0 spiro atoms. The summed E-state index contributed by atoms with van der Waals surface area (Å²) in [5, 5.41) is 5.64. The summed E-state index contributed by atoms with van der Waals surface area (Å²) in [5.41, 5.74) is 8.13. The van der Waals surface area contributed by atoms with E-state index in [1.54, 1.807) is 47.7 Å². The minimum absolute atomic E-state index is 0.118. The highest BCUT2D eigenvalue weighted by atomic mass is 32.1. The molecule has 1 heterocycles. The van der Waals surface area contributed by atoms with Gasteiger partial charge in [-0.2, -0.15) is 0 Å². The van der Waals surface area contributed by atoms with Crippen molar-refractivity contribution in [2.24, 2.45) is 5.73 Å². The van der Waals surface area contributed by atoms with Gasteiger partial charge in [-0.3, -0.25) is 9.59 Å². The van der Waals surface area contributed by atoms with E-state index in [0.29, 0.717) is 17.0 Å². The van der Waals surface area contributed by atoms with Gasteiger partial charge >= 0.3 is 0 Å². The molecule has 3 rings (SSSR count). The maximum absolute atomic E-state index is 12.0. The number of amides is 2. The molecule has 0 aliphatic carbocycles. The Kier molecular flexibility index (Phi) is 5.28. The van der Waals surface area contributed by atoms with E-state index in [1.807, 2.05) is 24.4 Å². The number of benzene rings is 2. The van der Waals surface area contributed by atoms with Crippen molar-refractivity contribution in [3.05, 3.63) is 65.2 Å². The Balaban J connectivity index is 1.53. The van der Waals surface area contributed by atoms with E-state index in [4.69, 9.17) is 10.5 Å². The molecule has 2 amide bonds. The molecule has 3 aromatic rings. The number of nitrogens with two attached hydrogens (primary N) is 1. The van der Waals surface area contributed by atoms with Gasteiger partial charge in [0.2, 0.25) is 5.91 Å². The first-order valence-electron chi connectivity index (χ1n) is 7.86. The second kappa shape index (κ2) is 7.79. The van der Waals surface area contributed by atoms with Gasteiger partial charge in [-0.05, 0) is 55.5 Å². The molecule has 7 heteroatoms. The lowest BCUT2D eigenvalue weighted by atomic mass is 10.2. The number of aromatic nitrogens is 1. The topological polar surface area (TPSA) is 94.3 Å². The summed E-state index contributed by atoms with van der Waals surface area (Å²) in [6.45, 7) is 1.84. The van der Waals surface area contributed by atoms with E-state index >= 15 is 0 Å². The Hall–Kier alpha value is -3.19. The molecule has 0 aliphatic heterocycles. The number of nitrogens with one attached hydrogen (secondary N) is 1. The fourth-order valence-electron chi connectivity index (χ4n) is 2.24. The summed E-state index contributed by atoms with van der Waals surface area (Å²) in [6.07, 6.45) is 0. The number of hydrogen-bond donors (Lipinski definition) is 2. The summed E-state index contributed by atoms with van der Waals surface area (Å²) in [6, 6.07) is 13.8. The van der Waals surface area contributed by atoms with Gasteiger partial charge in [0.25, 0.3) is 5.91 Å². The van der Waals surface area contributed by atoms with Crippen molar-refractivity contribution >= 4 is 28.8 Å². The van der Waals surface area contributed by atoms with Gasteiger partial charge in [-0.15, -0.1) is 11.3 Å². The second-order valence-electron chi connectivity index (χ2n) is 5.60. The van der Waals surface area contributed by atoms with E-state index in [0.717, 1.165) is 16.3 Å². The van der Waals surface area contributed by atoms with Crippen LogP contribution in [0.4, 0.5) is 5.69 Å². The highest BCUT2D eigenvalue weighted by molar-refractivity contribution is 7.13. The zero-order chi connectivity index (χ0) is 18.5. The van der Waals surface area contributed by atoms with E-state index in [2.05, 4.69) is 10.3 Å². The Morgan fingerprint density at radius 1 is 1.12 bits per heavy atom. The van der Waals surface area contributed by atoms with Crippen LogP contribution in [0.3, 0.4) is 0 Å². The van der Waals surface area contributed by atoms with Gasteiger partial charge < -0.3 is 15.8 Å². The summed E-state index contributed by atoms with van der Waals surface area (Å²) >= 11 is 1.59. The van der Waals surface area contributed by atoms with Crippen molar-refractivity contribution < 1.29 is 14.3 Å². The molecular formula is C19H17N3O3S. The van der Waals surface area contributed by atoms with Crippen molar-refractivity contribution in [1.82, 2.24) is 4.98 Å². The normalized spacial score (nSPS) is 10.3. The number of primary amides is 1. The zero-order valence-electron chi connectivity index (χ0n) is 14.1. The van der Waals surface area contributed by atoms with Crippen molar-refractivity contribution in [2.45, 2.75) is 6.92 Å². The lowest BCUT2D eigenvalue weighted by Crippen LogP contribution is -2.20. The Morgan fingerprint density at radius 3 is 2.38 bits per heavy atom. The fraction of sp³-hybridized carbons (Fsp3) is 0.105. The van der Waals surface area contributed by atoms with Gasteiger partial charge in [0.05, 0.1) is 0 Å². The van der Waals surface area contributed by atoms with E-state index < -0.39 is 5.91 Å². The zero-order valence-corrected chi connectivity index (χ0v) is 14.9. The minimum atomic E-state index is -0.512. The fourth-order valence-corrected chi connectivity index (χ4v) is 3.05. The lowest BCUT2D eigenvalue weighted by molar-refractivity contribution is -0.118. The summed E-state index contributed by atoms with van der Waals surface area (Å²) in [5.74, 6) is -0.208. The number of thiazole rings is 1. The van der Waals surface area contributed by atoms with Crippen LogP contribution in [-0.2, 0) is 4.79 Å². The SMILES string of the molecule is Cc1csc(-c2ccc(OCC(=O)Nc3ccc(C(N)=O)cc3)cc2)n1. The molecule has 0 bridgehead atoms. The first-order chi connectivity index (χ1) is 12.5. The largest absolute Gasteiger partial charge is 0.484 e. The molecule has 0 aliphatic rings. The summed E-state index contributed by atoms with van der Waals surface area (Å²) in [7, 11) is 0. The number of aryl methyl sites for hydroxylation is 1. The highest BCUT2D eigenvalue weighted by Gasteiger charge is 2.07. The Bertz CT molecular complexity index is 918. The van der Waals surface area contributed by atoms with Crippen LogP contribution in [0, 0.1) is 6.92 Å². The maximum Gasteiger partial charge on any atom is 0.262 e. The molecule has 1 aromatic heterocycles. The van der Waals surface area contributed by atoms with Crippen molar-refractivity contribution in [3.8, 4) is 16.3 Å². The number of ether oxygens (including phenoxy) is 1. The predicted molar refractivity (Wildman–Crippen MR) is 101 cm³/mol. The molecule has 6 nitrogen and oxygen atoms in total. The van der Waals surface area contributed by atoms with Gasteiger partial charge in [0.1, 0.15) is 10.8 Å². The molecule has 3 N–H and O–H groups in total. The third-order valence-electron chi connectivity index (χ3n) is 3.54. The average molecular weight is 367 g/mol. The van der Waals surface area contributed by atoms with Crippen molar-refractivity contribution in [3.63, 3.8) is 0 Å². The average Bonchev–Trinajstić information content (AvgIpc) is 3.07. The third kappa shape index (κ3) is 4.46. The molecule has 0 saturated carbocycles. The molecule has 0 unspecified atom stereocenters. The monoisotopic (exact) mass is 367 g/mol. The molecular weight excluding hydrogens is 350 g/mol.